The lowest BCUT2D eigenvalue weighted by Crippen LogP contribution is -2.30. The molecule has 0 aromatic heterocycles. The second kappa shape index (κ2) is 3.78. The van der Waals surface area contributed by atoms with E-state index in [2.05, 4.69) is 17.9 Å². The minimum atomic E-state index is -0.0108. The third kappa shape index (κ3) is 3.99. The molecule has 0 radical (unpaired) electrons. The molecule has 0 rings (SSSR count). The van der Waals surface area contributed by atoms with Crippen LogP contribution in [0.25, 0.3) is 0 Å². The Bertz CT molecular complexity index is 82.5. The van der Waals surface area contributed by atoms with E-state index in [1.54, 1.807) is 0 Å². The monoisotopic (exact) mass is 133 g/mol. The van der Waals surface area contributed by atoms with Gasteiger partial charge in [0.2, 0.25) is 5.91 Å². The van der Waals surface area contributed by atoms with Gasteiger partial charge < -0.3 is 5.32 Å². The number of amides is 1. The van der Waals surface area contributed by atoms with Crippen LogP contribution in [0, 0.1) is 0 Å². The van der Waals surface area contributed by atoms with Gasteiger partial charge in [-0.25, -0.2) is 0 Å². The predicted molar refractivity (Wildman–Crippen MR) is 37.1 cm³/mol. The average molecular weight is 133 g/mol. The van der Waals surface area contributed by atoms with Crippen LogP contribution in [-0.4, -0.2) is 17.7 Å². The van der Waals surface area contributed by atoms with Crippen molar-refractivity contribution >= 4 is 18.5 Å². The number of hydrogen-bond donors (Lipinski definition) is 2. The van der Waals surface area contributed by atoms with Gasteiger partial charge in [0.1, 0.15) is 0 Å². The van der Waals surface area contributed by atoms with Crippen molar-refractivity contribution < 1.29 is 4.79 Å². The molecule has 48 valence electrons. The average Bonchev–Trinajstić information content (AvgIpc) is 1.65. The number of rotatable bonds is 2. The highest BCUT2D eigenvalue weighted by Crippen LogP contribution is 1.78. The topological polar surface area (TPSA) is 29.1 Å². The molecule has 0 aromatic rings. The lowest BCUT2D eigenvalue weighted by Gasteiger charge is -2.04. The quantitative estimate of drug-likeness (QED) is 0.526. The Morgan fingerprint density at radius 2 is 2.25 bits per heavy atom. The molecule has 0 bridgehead atoms. The molecule has 0 aliphatic rings. The van der Waals surface area contributed by atoms with Crippen LogP contribution in [0.5, 0.6) is 0 Å². The standard InChI is InChI=1S/C5H11NOS/c1-4(2)6-5(7)3-8/h4,8H,3H2,1-2H3,(H,6,7). The molecule has 0 heterocycles. The Hall–Kier alpha value is -0.180. The van der Waals surface area contributed by atoms with Crippen LogP contribution in [0.4, 0.5) is 0 Å². The van der Waals surface area contributed by atoms with Gasteiger partial charge in [0.25, 0.3) is 0 Å². The van der Waals surface area contributed by atoms with Gasteiger partial charge >= 0.3 is 0 Å². The Balaban J connectivity index is 3.25. The fourth-order valence-electron chi connectivity index (χ4n) is 0.368. The molecule has 8 heavy (non-hydrogen) atoms. The molecule has 1 amide bonds. The molecule has 3 heteroatoms. The van der Waals surface area contributed by atoms with Crippen molar-refractivity contribution in [1.82, 2.24) is 5.32 Å². The highest BCUT2D eigenvalue weighted by molar-refractivity contribution is 7.81. The SMILES string of the molecule is CC(C)NC(=O)CS. The maximum absolute atomic E-state index is 10.4. The zero-order valence-electron chi connectivity index (χ0n) is 5.14. The first-order valence-electron chi connectivity index (χ1n) is 2.57. The number of carbonyl (C=O) groups is 1. The van der Waals surface area contributed by atoms with Crippen LogP contribution in [0.1, 0.15) is 13.8 Å². The molecule has 0 unspecified atom stereocenters. The fourth-order valence-corrected chi connectivity index (χ4v) is 0.459. The maximum atomic E-state index is 10.4. The van der Waals surface area contributed by atoms with Gasteiger partial charge in [-0.3, -0.25) is 4.79 Å². The van der Waals surface area contributed by atoms with Gasteiger partial charge in [-0.05, 0) is 13.8 Å². The first kappa shape index (κ1) is 7.82. The Morgan fingerprint density at radius 3 is 2.38 bits per heavy atom. The van der Waals surface area contributed by atoms with Gasteiger partial charge in [0.05, 0.1) is 5.75 Å². The number of thiol groups is 1. The van der Waals surface area contributed by atoms with E-state index in [4.69, 9.17) is 0 Å². The molecule has 0 fully saturated rings. The highest BCUT2D eigenvalue weighted by atomic mass is 32.1. The summed E-state index contributed by atoms with van der Waals surface area (Å²) in [7, 11) is 0. The Kier molecular flexibility index (Phi) is 3.69. The summed E-state index contributed by atoms with van der Waals surface area (Å²) in [6.07, 6.45) is 0. The first-order valence-corrected chi connectivity index (χ1v) is 3.20. The maximum Gasteiger partial charge on any atom is 0.229 e. The second-order valence-electron chi connectivity index (χ2n) is 1.88. The summed E-state index contributed by atoms with van der Waals surface area (Å²) in [5, 5.41) is 2.68. The minimum absolute atomic E-state index is 0.0108. The smallest absolute Gasteiger partial charge is 0.229 e. The van der Waals surface area contributed by atoms with Gasteiger partial charge in [-0.1, -0.05) is 0 Å². The zero-order valence-corrected chi connectivity index (χ0v) is 6.03. The summed E-state index contributed by atoms with van der Waals surface area (Å²) in [5.74, 6) is 0.265. The van der Waals surface area contributed by atoms with E-state index in [1.807, 2.05) is 13.8 Å². The summed E-state index contributed by atoms with van der Waals surface area (Å²) in [6.45, 7) is 3.84. The van der Waals surface area contributed by atoms with Crippen LogP contribution >= 0.6 is 12.6 Å². The van der Waals surface area contributed by atoms with Crippen molar-refractivity contribution in [3.05, 3.63) is 0 Å². The summed E-state index contributed by atoms with van der Waals surface area (Å²) in [4.78, 5) is 10.4. The molecule has 0 aliphatic heterocycles. The largest absolute Gasteiger partial charge is 0.353 e. The van der Waals surface area contributed by atoms with Crippen molar-refractivity contribution in [3.8, 4) is 0 Å². The predicted octanol–water partition coefficient (Wildman–Crippen LogP) is 0.441. The minimum Gasteiger partial charge on any atom is -0.353 e. The van der Waals surface area contributed by atoms with E-state index < -0.39 is 0 Å². The molecule has 0 aromatic carbocycles. The Labute approximate surface area is 55.1 Å². The normalized spacial score (nSPS) is 9.50. The molecule has 0 saturated heterocycles. The number of nitrogens with one attached hydrogen (secondary N) is 1. The fraction of sp³-hybridized carbons (Fsp3) is 0.800. The van der Waals surface area contributed by atoms with Crippen molar-refractivity contribution in [3.63, 3.8) is 0 Å². The van der Waals surface area contributed by atoms with Crippen molar-refractivity contribution in [2.45, 2.75) is 19.9 Å². The molecule has 0 atom stereocenters. The van der Waals surface area contributed by atoms with Crippen LogP contribution in [0.15, 0.2) is 0 Å². The van der Waals surface area contributed by atoms with Gasteiger partial charge in [0.15, 0.2) is 0 Å². The zero-order chi connectivity index (χ0) is 6.57. The van der Waals surface area contributed by atoms with Gasteiger partial charge in [-0.15, -0.1) is 0 Å². The van der Waals surface area contributed by atoms with Crippen LogP contribution in [0.2, 0.25) is 0 Å². The molecule has 0 spiro atoms. The van der Waals surface area contributed by atoms with E-state index >= 15 is 0 Å². The van der Waals surface area contributed by atoms with Crippen molar-refractivity contribution in [1.29, 1.82) is 0 Å². The van der Waals surface area contributed by atoms with Crippen LogP contribution in [-0.2, 0) is 4.79 Å². The van der Waals surface area contributed by atoms with E-state index in [9.17, 15) is 4.79 Å². The van der Waals surface area contributed by atoms with Gasteiger partial charge in [-0.2, -0.15) is 12.6 Å². The lowest BCUT2D eigenvalue weighted by atomic mass is 10.4. The summed E-state index contributed by atoms with van der Waals surface area (Å²) in [6, 6.07) is 0.231. The van der Waals surface area contributed by atoms with Gasteiger partial charge in [0, 0.05) is 6.04 Å². The summed E-state index contributed by atoms with van der Waals surface area (Å²) >= 11 is 3.78. The first-order chi connectivity index (χ1) is 3.66. The second-order valence-corrected chi connectivity index (χ2v) is 2.20. The number of hydrogen-bond acceptors (Lipinski definition) is 2. The lowest BCUT2D eigenvalue weighted by molar-refractivity contribution is -0.119. The molecular weight excluding hydrogens is 122 g/mol. The summed E-state index contributed by atoms with van der Waals surface area (Å²) in [5.41, 5.74) is 0. The molecule has 0 aliphatic carbocycles. The van der Waals surface area contributed by atoms with E-state index in [0.717, 1.165) is 0 Å². The molecule has 2 nitrogen and oxygen atoms in total. The van der Waals surface area contributed by atoms with E-state index in [0.29, 0.717) is 0 Å². The number of carbonyl (C=O) groups excluding carboxylic acids is 1. The highest BCUT2D eigenvalue weighted by Gasteiger charge is 1.96. The van der Waals surface area contributed by atoms with Crippen LogP contribution < -0.4 is 5.32 Å². The molecule has 0 saturated carbocycles. The Morgan fingerprint density at radius 1 is 1.75 bits per heavy atom. The van der Waals surface area contributed by atoms with Crippen molar-refractivity contribution in [2.24, 2.45) is 0 Å². The third-order valence-corrected chi connectivity index (χ3v) is 0.880. The van der Waals surface area contributed by atoms with Crippen molar-refractivity contribution in [2.75, 3.05) is 5.75 Å². The molecule has 1 N–H and O–H groups in total. The summed E-state index contributed by atoms with van der Waals surface area (Å²) < 4.78 is 0. The molecular formula is C5H11NOS. The van der Waals surface area contributed by atoms with E-state index in [1.165, 1.54) is 0 Å². The third-order valence-electron chi connectivity index (χ3n) is 0.593. The van der Waals surface area contributed by atoms with E-state index in [-0.39, 0.29) is 17.7 Å². The van der Waals surface area contributed by atoms with Crippen LogP contribution in [0.3, 0.4) is 0 Å².